The van der Waals surface area contributed by atoms with E-state index in [1.165, 1.54) is 14.7 Å². The molecule has 1 rings (SSSR count). The van der Waals surface area contributed by atoms with Crippen molar-refractivity contribution in [3.05, 3.63) is 32.9 Å². The van der Waals surface area contributed by atoms with Crippen molar-refractivity contribution in [1.82, 2.24) is 0 Å². The topological polar surface area (TPSA) is 26.0 Å². The number of nitrogens with two attached hydrogens (primary N) is 1. The van der Waals surface area contributed by atoms with Crippen molar-refractivity contribution in [1.29, 1.82) is 0 Å². The number of hydrogen-bond acceptors (Lipinski definition) is 1. The van der Waals surface area contributed by atoms with Gasteiger partial charge >= 0.3 is 0 Å². The van der Waals surface area contributed by atoms with E-state index in [1.54, 1.807) is 0 Å². The Morgan fingerprint density at radius 1 is 1.46 bits per heavy atom. The van der Waals surface area contributed by atoms with Crippen molar-refractivity contribution < 1.29 is 0 Å². The molecule has 1 atom stereocenters. The van der Waals surface area contributed by atoms with Gasteiger partial charge in [-0.15, -0.1) is 0 Å². The van der Waals surface area contributed by atoms with E-state index in [4.69, 9.17) is 5.73 Å². The fraction of sp³-hybridized carbons (Fsp3) is 0.455. The molecule has 72 valence electrons. The first-order valence-corrected chi connectivity index (χ1v) is 5.74. The van der Waals surface area contributed by atoms with Gasteiger partial charge in [-0.3, -0.25) is 0 Å². The van der Waals surface area contributed by atoms with Gasteiger partial charge in [-0.25, -0.2) is 0 Å². The van der Waals surface area contributed by atoms with Crippen molar-refractivity contribution in [2.45, 2.75) is 32.7 Å². The molecule has 2 heteroatoms. The lowest BCUT2D eigenvalue weighted by Crippen LogP contribution is -2.17. The Morgan fingerprint density at radius 2 is 2.15 bits per heavy atom. The zero-order valence-corrected chi connectivity index (χ0v) is 10.3. The highest BCUT2D eigenvalue weighted by Crippen LogP contribution is 2.15. The summed E-state index contributed by atoms with van der Waals surface area (Å²) >= 11 is 2.38. The minimum absolute atomic E-state index is 0.254. The van der Waals surface area contributed by atoms with E-state index >= 15 is 0 Å². The summed E-state index contributed by atoms with van der Waals surface area (Å²) in [6.45, 7) is 4.23. The molecule has 1 aromatic carbocycles. The van der Waals surface area contributed by atoms with Crippen LogP contribution in [0.1, 0.15) is 25.0 Å². The van der Waals surface area contributed by atoms with E-state index in [0.29, 0.717) is 0 Å². The first kappa shape index (κ1) is 11.0. The highest BCUT2D eigenvalue weighted by atomic mass is 127. The average molecular weight is 289 g/mol. The molecule has 0 aliphatic carbocycles. The average Bonchev–Trinajstić information content (AvgIpc) is 2.07. The summed E-state index contributed by atoms with van der Waals surface area (Å²) in [5.74, 6) is 0. The van der Waals surface area contributed by atoms with Crippen LogP contribution in [0.2, 0.25) is 0 Å². The molecule has 13 heavy (non-hydrogen) atoms. The zero-order chi connectivity index (χ0) is 9.84. The summed E-state index contributed by atoms with van der Waals surface area (Å²) in [6.07, 6.45) is 2.08. The Kier molecular flexibility index (Phi) is 4.19. The summed E-state index contributed by atoms with van der Waals surface area (Å²) < 4.78 is 1.36. The van der Waals surface area contributed by atoms with E-state index in [0.717, 1.165) is 12.8 Å². The molecule has 0 aliphatic heterocycles. The van der Waals surface area contributed by atoms with Crippen LogP contribution in [0, 0.1) is 3.57 Å². The zero-order valence-electron chi connectivity index (χ0n) is 8.18. The molecule has 0 saturated heterocycles. The Balaban J connectivity index is 2.86. The second-order valence-corrected chi connectivity index (χ2v) is 4.62. The van der Waals surface area contributed by atoms with Gasteiger partial charge in [0, 0.05) is 9.61 Å². The van der Waals surface area contributed by atoms with Gasteiger partial charge in [-0.05, 0) is 59.5 Å². The maximum atomic E-state index is 5.75. The largest absolute Gasteiger partial charge is 0.328 e. The van der Waals surface area contributed by atoms with Crippen molar-refractivity contribution in [3.63, 3.8) is 0 Å². The van der Waals surface area contributed by atoms with Crippen molar-refractivity contribution in [2.24, 2.45) is 5.73 Å². The molecule has 0 radical (unpaired) electrons. The Hall–Kier alpha value is -0.0900. The van der Waals surface area contributed by atoms with Gasteiger partial charge in [0.05, 0.1) is 0 Å². The molecule has 0 aromatic heterocycles. The van der Waals surface area contributed by atoms with Crippen LogP contribution >= 0.6 is 22.6 Å². The maximum Gasteiger partial charge on any atom is 0.0162 e. The van der Waals surface area contributed by atoms with Gasteiger partial charge in [0.1, 0.15) is 0 Å². The van der Waals surface area contributed by atoms with Crippen molar-refractivity contribution in [2.75, 3.05) is 0 Å². The second-order valence-electron chi connectivity index (χ2n) is 3.46. The lowest BCUT2D eigenvalue weighted by atomic mass is 10.0. The quantitative estimate of drug-likeness (QED) is 0.851. The highest BCUT2D eigenvalue weighted by molar-refractivity contribution is 14.1. The molecule has 0 spiro atoms. The van der Waals surface area contributed by atoms with E-state index in [-0.39, 0.29) is 6.04 Å². The first-order chi connectivity index (χ1) is 6.13. The van der Waals surface area contributed by atoms with E-state index in [1.807, 2.05) is 6.92 Å². The summed E-state index contributed by atoms with van der Waals surface area (Å²) in [6, 6.07) is 6.87. The van der Waals surface area contributed by atoms with Crippen LogP contribution in [0.3, 0.4) is 0 Å². The van der Waals surface area contributed by atoms with Crippen LogP contribution < -0.4 is 5.73 Å². The molecule has 0 fully saturated rings. The number of hydrogen-bond donors (Lipinski definition) is 1. The minimum atomic E-state index is 0.254. The molecule has 1 nitrogen and oxygen atoms in total. The predicted octanol–water partition coefficient (Wildman–Crippen LogP) is 2.74. The maximum absolute atomic E-state index is 5.75. The fourth-order valence-electron chi connectivity index (χ4n) is 1.40. The Labute approximate surface area is 93.9 Å². The third-order valence-corrected chi connectivity index (χ3v) is 3.10. The Morgan fingerprint density at radius 3 is 2.69 bits per heavy atom. The number of aryl methyl sites for hydroxylation is 1. The summed E-state index contributed by atoms with van der Waals surface area (Å²) in [5, 5.41) is 0. The lowest BCUT2D eigenvalue weighted by molar-refractivity contribution is 0.737. The molecule has 1 aromatic rings. The summed E-state index contributed by atoms with van der Waals surface area (Å²) in [5.41, 5.74) is 8.54. The standard InChI is InChI=1S/C11H16IN/c1-3-10-7-9(6-8(2)13)4-5-11(10)12/h4-5,7-8H,3,6,13H2,1-2H3/t8-/m0/s1. The molecule has 0 saturated carbocycles. The van der Waals surface area contributed by atoms with Crippen LogP contribution in [-0.2, 0) is 12.8 Å². The smallest absolute Gasteiger partial charge is 0.0162 e. The fourth-order valence-corrected chi connectivity index (χ4v) is 2.11. The molecule has 0 amide bonds. The third-order valence-electron chi connectivity index (χ3n) is 2.05. The SMILES string of the molecule is CCc1cc(C[C@H](C)N)ccc1I. The van der Waals surface area contributed by atoms with Crippen molar-refractivity contribution >= 4 is 22.6 Å². The van der Waals surface area contributed by atoms with Crippen LogP contribution in [0.4, 0.5) is 0 Å². The van der Waals surface area contributed by atoms with Gasteiger partial charge in [0.25, 0.3) is 0 Å². The summed E-state index contributed by atoms with van der Waals surface area (Å²) in [4.78, 5) is 0. The number of benzene rings is 1. The number of rotatable bonds is 3. The van der Waals surface area contributed by atoms with Crippen LogP contribution in [0.5, 0.6) is 0 Å². The van der Waals surface area contributed by atoms with E-state index in [2.05, 4.69) is 47.7 Å². The molecule has 0 aliphatic rings. The van der Waals surface area contributed by atoms with E-state index < -0.39 is 0 Å². The van der Waals surface area contributed by atoms with Crippen LogP contribution in [0.15, 0.2) is 18.2 Å². The van der Waals surface area contributed by atoms with Gasteiger partial charge in [0.2, 0.25) is 0 Å². The van der Waals surface area contributed by atoms with E-state index in [9.17, 15) is 0 Å². The first-order valence-electron chi connectivity index (χ1n) is 4.66. The predicted molar refractivity (Wildman–Crippen MR) is 65.9 cm³/mol. The molecular weight excluding hydrogens is 273 g/mol. The second kappa shape index (κ2) is 4.96. The van der Waals surface area contributed by atoms with Gasteiger partial charge in [0.15, 0.2) is 0 Å². The molecule has 0 unspecified atom stereocenters. The minimum Gasteiger partial charge on any atom is -0.328 e. The third kappa shape index (κ3) is 3.27. The summed E-state index contributed by atoms with van der Waals surface area (Å²) in [7, 11) is 0. The normalized spacial score (nSPS) is 12.9. The monoisotopic (exact) mass is 289 g/mol. The number of halogens is 1. The molecule has 0 heterocycles. The van der Waals surface area contributed by atoms with Crippen molar-refractivity contribution in [3.8, 4) is 0 Å². The highest BCUT2D eigenvalue weighted by Gasteiger charge is 2.01. The lowest BCUT2D eigenvalue weighted by Gasteiger charge is -2.08. The van der Waals surface area contributed by atoms with Crippen LogP contribution in [-0.4, -0.2) is 6.04 Å². The van der Waals surface area contributed by atoms with Crippen LogP contribution in [0.25, 0.3) is 0 Å². The molecular formula is C11H16IN. The Bertz CT molecular complexity index is 281. The molecule has 2 N–H and O–H groups in total. The van der Waals surface area contributed by atoms with Gasteiger partial charge < -0.3 is 5.73 Å². The van der Waals surface area contributed by atoms with Gasteiger partial charge in [-0.1, -0.05) is 19.1 Å². The van der Waals surface area contributed by atoms with Gasteiger partial charge in [-0.2, -0.15) is 0 Å². The molecule has 0 bridgehead atoms.